The Morgan fingerprint density at radius 3 is 2.39 bits per heavy atom. The molecule has 2 unspecified atom stereocenters. The first kappa shape index (κ1) is 18.7. The van der Waals surface area contributed by atoms with Crippen molar-refractivity contribution in [3.63, 3.8) is 0 Å². The molecule has 1 heterocycles. The molecule has 7 heteroatoms. The van der Waals surface area contributed by atoms with Crippen LogP contribution in [-0.4, -0.2) is 35.0 Å². The SMILES string of the molecule is CC(NC(=O)c1ccoc1)C(=O)NC(CCC(C)(C)C)C(=O)O. The lowest BCUT2D eigenvalue weighted by atomic mass is 9.88. The Morgan fingerprint density at radius 1 is 1.26 bits per heavy atom. The van der Waals surface area contributed by atoms with E-state index >= 15 is 0 Å². The van der Waals surface area contributed by atoms with E-state index in [1.54, 1.807) is 0 Å². The second-order valence-electron chi connectivity index (χ2n) is 6.71. The molecular formula is C16H24N2O5. The zero-order chi connectivity index (χ0) is 17.6. The van der Waals surface area contributed by atoms with Crippen molar-refractivity contribution in [1.29, 1.82) is 0 Å². The molecule has 0 bridgehead atoms. The van der Waals surface area contributed by atoms with Crippen molar-refractivity contribution in [2.24, 2.45) is 5.41 Å². The minimum Gasteiger partial charge on any atom is -0.480 e. The summed E-state index contributed by atoms with van der Waals surface area (Å²) in [6.07, 6.45) is 3.60. The Bertz CT molecular complexity index is 545. The predicted octanol–water partition coefficient (Wildman–Crippen LogP) is 1.79. The minimum atomic E-state index is -1.09. The van der Waals surface area contributed by atoms with Gasteiger partial charge in [0.2, 0.25) is 5.91 Å². The number of hydrogen-bond acceptors (Lipinski definition) is 4. The van der Waals surface area contributed by atoms with Crippen molar-refractivity contribution in [1.82, 2.24) is 10.6 Å². The monoisotopic (exact) mass is 324 g/mol. The molecule has 128 valence electrons. The van der Waals surface area contributed by atoms with E-state index in [0.717, 1.165) is 0 Å². The highest BCUT2D eigenvalue weighted by Crippen LogP contribution is 2.21. The van der Waals surface area contributed by atoms with E-state index in [-0.39, 0.29) is 5.41 Å². The van der Waals surface area contributed by atoms with E-state index in [4.69, 9.17) is 4.42 Å². The maximum absolute atomic E-state index is 12.1. The van der Waals surface area contributed by atoms with Crippen LogP contribution in [0.4, 0.5) is 0 Å². The molecule has 2 amide bonds. The fourth-order valence-corrected chi connectivity index (χ4v) is 1.87. The third-order valence-electron chi connectivity index (χ3n) is 3.32. The molecule has 0 saturated heterocycles. The van der Waals surface area contributed by atoms with Crippen LogP contribution in [0.3, 0.4) is 0 Å². The van der Waals surface area contributed by atoms with Gasteiger partial charge in [0.15, 0.2) is 0 Å². The average molecular weight is 324 g/mol. The Morgan fingerprint density at radius 2 is 1.91 bits per heavy atom. The second kappa shape index (κ2) is 7.80. The van der Waals surface area contributed by atoms with Crippen LogP contribution >= 0.6 is 0 Å². The molecule has 0 aliphatic rings. The first-order valence-corrected chi connectivity index (χ1v) is 7.46. The summed E-state index contributed by atoms with van der Waals surface area (Å²) in [5.74, 6) is -2.08. The summed E-state index contributed by atoms with van der Waals surface area (Å²) in [4.78, 5) is 35.2. The van der Waals surface area contributed by atoms with Crippen molar-refractivity contribution in [3.8, 4) is 0 Å². The Labute approximate surface area is 135 Å². The fraction of sp³-hybridized carbons (Fsp3) is 0.562. The van der Waals surface area contributed by atoms with Crippen molar-refractivity contribution >= 4 is 17.8 Å². The summed E-state index contributed by atoms with van der Waals surface area (Å²) >= 11 is 0. The molecule has 1 aromatic rings. The van der Waals surface area contributed by atoms with Gasteiger partial charge in [-0.2, -0.15) is 0 Å². The highest BCUT2D eigenvalue weighted by atomic mass is 16.4. The largest absolute Gasteiger partial charge is 0.480 e. The smallest absolute Gasteiger partial charge is 0.326 e. The van der Waals surface area contributed by atoms with Gasteiger partial charge in [0, 0.05) is 0 Å². The first-order valence-electron chi connectivity index (χ1n) is 7.46. The third kappa shape index (κ3) is 6.54. The number of aliphatic carboxylic acids is 1. The molecule has 0 radical (unpaired) electrons. The van der Waals surface area contributed by atoms with Gasteiger partial charge in [-0.3, -0.25) is 9.59 Å². The van der Waals surface area contributed by atoms with Crippen LogP contribution in [0.25, 0.3) is 0 Å². The zero-order valence-corrected chi connectivity index (χ0v) is 13.9. The number of carboxylic acids is 1. The molecule has 0 saturated carbocycles. The number of nitrogens with one attached hydrogen (secondary N) is 2. The van der Waals surface area contributed by atoms with Gasteiger partial charge in [-0.15, -0.1) is 0 Å². The van der Waals surface area contributed by atoms with Crippen LogP contribution < -0.4 is 10.6 Å². The average Bonchev–Trinajstić information content (AvgIpc) is 2.95. The molecular weight excluding hydrogens is 300 g/mol. The van der Waals surface area contributed by atoms with E-state index in [0.29, 0.717) is 18.4 Å². The maximum atomic E-state index is 12.1. The lowest BCUT2D eigenvalue weighted by molar-refractivity contribution is -0.142. The molecule has 0 spiro atoms. The summed E-state index contributed by atoms with van der Waals surface area (Å²) in [6.45, 7) is 7.50. The number of amides is 2. The van der Waals surface area contributed by atoms with E-state index in [1.807, 2.05) is 20.8 Å². The number of hydrogen-bond donors (Lipinski definition) is 3. The summed E-state index contributed by atoms with van der Waals surface area (Å²) in [7, 11) is 0. The Kier molecular flexibility index (Phi) is 6.36. The molecule has 23 heavy (non-hydrogen) atoms. The molecule has 0 fully saturated rings. The molecule has 0 aliphatic heterocycles. The van der Waals surface area contributed by atoms with E-state index in [2.05, 4.69) is 10.6 Å². The second-order valence-corrected chi connectivity index (χ2v) is 6.71. The topological polar surface area (TPSA) is 109 Å². The lowest BCUT2D eigenvalue weighted by Gasteiger charge is -2.23. The minimum absolute atomic E-state index is 0.0282. The summed E-state index contributed by atoms with van der Waals surface area (Å²) in [5.41, 5.74) is 0.270. The van der Waals surface area contributed by atoms with Gasteiger partial charge in [-0.1, -0.05) is 20.8 Å². The van der Waals surface area contributed by atoms with Crippen molar-refractivity contribution in [3.05, 3.63) is 24.2 Å². The van der Waals surface area contributed by atoms with Crippen molar-refractivity contribution in [2.75, 3.05) is 0 Å². The van der Waals surface area contributed by atoms with Gasteiger partial charge in [0.1, 0.15) is 18.3 Å². The number of furan rings is 1. The normalized spacial score (nSPS) is 13.9. The number of rotatable bonds is 7. The number of carboxylic acid groups (broad SMARTS) is 1. The maximum Gasteiger partial charge on any atom is 0.326 e. The molecule has 1 aromatic heterocycles. The van der Waals surface area contributed by atoms with Crippen LogP contribution in [0.15, 0.2) is 23.0 Å². The van der Waals surface area contributed by atoms with Crippen molar-refractivity contribution < 1.29 is 23.9 Å². The van der Waals surface area contributed by atoms with Gasteiger partial charge < -0.3 is 20.2 Å². The first-order chi connectivity index (χ1) is 10.6. The van der Waals surface area contributed by atoms with Gasteiger partial charge in [-0.05, 0) is 31.2 Å². The van der Waals surface area contributed by atoms with E-state index < -0.39 is 29.9 Å². The van der Waals surface area contributed by atoms with E-state index in [1.165, 1.54) is 25.5 Å². The van der Waals surface area contributed by atoms with Gasteiger partial charge >= 0.3 is 5.97 Å². The zero-order valence-electron chi connectivity index (χ0n) is 13.9. The lowest BCUT2D eigenvalue weighted by Crippen LogP contribution is -2.50. The molecule has 0 aliphatic carbocycles. The van der Waals surface area contributed by atoms with E-state index in [9.17, 15) is 19.5 Å². The van der Waals surface area contributed by atoms with Crippen LogP contribution in [0.2, 0.25) is 0 Å². The summed E-state index contributed by atoms with van der Waals surface area (Å²) < 4.78 is 4.80. The fourth-order valence-electron chi connectivity index (χ4n) is 1.87. The van der Waals surface area contributed by atoms with Gasteiger partial charge in [0.05, 0.1) is 11.8 Å². The van der Waals surface area contributed by atoms with Gasteiger partial charge in [-0.25, -0.2) is 4.79 Å². The predicted molar refractivity (Wildman–Crippen MR) is 83.9 cm³/mol. The highest BCUT2D eigenvalue weighted by molar-refractivity contribution is 5.97. The van der Waals surface area contributed by atoms with Crippen LogP contribution in [-0.2, 0) is 9.59 Å². The highest BCUT2D eigenvalue weighted by Gasteiger charge is 2.25. The standard InChI is InChI=1S/C16H24N2O5/c1-10(17-14(20)11-6-8-23-9-11)13(19)18-12(15(21)22)5-7-16(2,3)4/h6,8-10,12H,5,7H2,1-4H3,(H,17,20)(H,18,19)(H,21,22). The van der Waals surface area contributed by atoms with Crippen LogP contribution in [0.1, 0.15) is 50.9 Å². The molecule has 2 atom stereocenters. The Balaban J connectivity index is 2.56. The number of carbonyl (C=O) groups is 3. The summed E-state index contributed by atoms with van der Waals surface area (Å²) in [6, 6.07) is -0.354. The molecule has 3 N–H and O–H groups in total. The third-order valence-corrected chi connectivity index (χ3v) is 3.32. The number of carbonyl (C=O) groups excluding carboxylic acids is 2. The Hall–Kier alpha value is -2.31. The molecule has 7 nitrogen and oxygen atoms in total. The summed E-state index contributed by atoms with van der Waals surface area (Å²) in [5, 5.41) is 14.2. The van der Waals surface area contributed by atoms with Crippen LogP contribution in [0.5, 0.6) is 0 Å². The van der Waals surface area contributed by atoms with Crippen LogP contribution in [0, 0.1) is 5.41 Å². The molecule has 1 rings (SSSR count). The molecule has 0 aromatic carbocycles. The van der Waals surface area contributed by atoms with Crippen molar-refractivity contribution in [2.45, 2.75) is 52.6 Å². The van der Waals surface area contributed by atoms with Gasteiger partial charge in [0.25, 0.3) is 5.91 Å². The quantitative estimate of drug-likeness (QED) is 0.708.